The van der Waals surface area contributed by atoms with Gasteiger partial charge in [0.2, 0.25) is 12.6 Å². The summed E-state index contributed by atoms with van der Waals surface area (Å²) in [5, 5.41) is 113. The number of benzene rings is 4. The van der Waals surface area contributed by atoms with Crippen LogP contribution in [0.5, 0.6) is 34.5 Å². The molecule has 14 atom stereocenters. The minimum Gasteiger partial charge on any atom is -0.507 e. The summed E-state index contributed by atoms with van der Waals surface area (Å²) >= 11 is 0. The zero-order valence-electron chi connectivity index (χ0n) is 35.8. The predicted molar refractivity (Wildman–Crippen MR) is 220 cm³/mol. The van der Waals surface area contributed by atoms with E-state index in [1.54, 1.807) is 13.8 Å². The fraction of sp³-hybridized carbons (Fsp3) is 0.545. The molecular weight excluding hydrogens is 848 g/mol. The molecular formula is C44H54O20. The molecule has 8 rings (SSSR count). The van der Waals surface area contributed by atoms with Crippen LogP contribution in [0, 0.1) is 0 Å². The van der Waals surface area contributed by atoms with E-state index in [2.05, 4.69) is 0 Å². The second kappa shape index (κ2) is 18.1. The van der Waals surface area contributed by atoms with Crippen LogP contribution in [0.25, 0.3) is 32.7 Å². The fourth-order valence-electron chi connectivity index (χ4n) is 9.39. The Morgan fingerprint density at radius 2 is 0.938 bits per heavy atom. The van der Waals surface area contributed by atoms with Crippen LogP contribution in [-0.2, 0) is 41.6 Å². The highest BCUT2D eigenvalue weighted by Gasteiger charge is 2.48. The van der Waals surface area contributed by atoms with E-state index >= 15 is 0 Å². The highest BCUT2D eigenvalue weighted by atomic mass is 16.7. The van der Waals surface area contributed by atoms with Crippen LogP contribution < -0.4 is 18.9 Å². The molecule has 0 aliphatic carbocycles. The third kappa shape index (κ3) is 7.44. The van der Waals surface area contributed by atoms with Crippen LogP contribution in [0.2, 0.25) is 0 Å². The second-order valence-corrected chi connectivity index (χ2v) is 16.3. The summed E-state index contributed by atoms with van der Waals surface area (Å²) in [5.41, 5.74) is 1.09. The van der Waals surface area contributed by atoms with Crippen LogP contribution in [0.1, 0.15) is 48.3 Å². The summed E-state index contributed by atoms with van der Waals surface area (Å²) in [6, 6.07) is 5.76. The number of fused-ring (bicyclic) bond motifs is 4. The Labute approximate surface area is 366 Å². The van der Waals surface area contributed by atoms with Gasteiger partial charge in [-0.3, -0.25) is 0 Å². The first-order valence-electron chi connectivity index (χ1n) is 20.7. The lowest BCUT2D eigenvalue weighted by Gasteiger charge is -2.41. The van der Waals surface area contributed by atoms with E-state index in [0.29, 0.717) is 0 Å². The molecule has 4 aliphatic rings. The van der Waals surface area contributed by atoms with Gasteiger partial charge in [0.25, 0.3) is 0 Å². The van der Waals surface area contributed by atoms with E-state index in [1.807, 2.05) is 0 Å². The molecule has 20 heteroatoms. The number of hydrogen-bond acceptors (Lipinski definition) is 20. The molecule has 2 fully saturated rings. The molecule has 4 aromatic rings. The summed E-state index contributed by atoms with van der Waals surface area (Å²) in [6.45, 7) is 1.73. The van der Waals surface area contributed by atoms with Gasteiger partial charge in [0.15, 0.2) is 0 Å². The standard InChI is InChI=1S/C44H54O20/c1-15-33(47)31-21(13-59-15)35(49)27-19(7-17(9-23(27)55-3)61-43-39(53)37(51)41(57-5)25(11-45)63-43)29(31)30-20-8-18(62-44-40(54)38(52)42(58-6)26(12-46)64-44)10-24(56-4)28(20)36(50)22-14-60-16(2)34(48)32(22)30/h7-10,15-16,25-26,33-34,37-54H,11-14H2,1-6H3. The van der Waals surface area contributed by atoms with Crippen LogP contribution in [0.4, 0.5) is 0 Å². The van der Waals surface area contributed by atoms with Gasteiger partial charge in [-0.15, -0.1) is 0 Å². The zero-order valence-corrected chi connectivity index (χ0v) is 35.8. The number of hydrogen-bond donors (Lipinski definition) is 10. The lowest BCUT2D eigenvalue weighted by molar-refractivity contribution is -0.281. The smallest absolute Gasteiger partial charge is 0.229 e. The quantitative estimate of drug-likeness (QED) is 0.0989. The van der Waals surface area contributed by atoms with E-state index in [4.69, 9.17) is 47.4 Å². The van der Waals surface area contributed by atoms with Crippen molar-refractivity contribution >= 4 is 21.5 Å². The Kier molecular flexibility index (Phi) is 13.1. The van der Waals surface area contributed by atoms with Gasteiger partial charge in [-0.1, -0.05) is 0 Å². The van der Waals surface area contributed by atoms with Crippen molar-refractivity contribution in [2.75, 3.05) is 41.7 Å². The summed E-state index contributed by atoms with van der Waals surface area (Å²) in [7, 11) is 5.26. The average molecular weight is 903 g/mol. The topological polar surface area (TPSA) is 295 Å². The third-order valence-electron chi connectivity index (χ3n) is 12.8. The van der Waals surface area contributed by atoms with Crippen LogP contribution >= 0.6 is 0 Å². The molecule has 20 nitrogen and oxygen atoms in total. The highest BCUT2D eigenvalue weighted by molar-refractivity contribution is 6.15. The Bertz CT molecular complexity index is 2210. The van der Waals surface area contributed by atoms with Gasteiger partial charge in [-0.05, 0) is 37.1 Å². The lowest BCUT2D eigenvalue weighted by Crippen LogP contribution is -2.60. The van der Waals surface area contributed by atoms with Gasteiger partial charge in [-0.2, -0.15) is 0 Å². The Morgan fingerprint density at radius 3 is 1.27 bits per heavy atom. The van der Waals surface area contributed by atoms with Crippen LogP contribution in [0.3, 0.4) is 0 Å². The number of methoxy groups -OCH3 is 4. The number of aliphatic hydroxyl groups excluding tert-OH is 8. The fourth-order valence-corrected chi connectivity index (χ4v) is 9.39. The van der Waals surface area contributed by atoms with Crippen molar-refractivity contribution in [3.05, 3.63) is 46.5 Å². The minimum absolute atomic E-state index is 0.0334. The minimum atomic E-state index is -1.68. The van der Waals surface area contributed by atoms with Crippen molar-refractivity contribution < 1.29 is 98.4 Å². The average Bonchev–Trinajstić information content (AvgIpc) is 3.29. The monoisotopic (exact) mass is 902 g/mol. The van der Waals surface area contributed by atoms with Crippen molar-refractivity contribution in [2.45, 2.75) is 113 Å². The molecule has 64 heavy (non-hydrogen) atoms. The highest BCUT2D eigenvalue weighted by Crippen LogP contribution is 2.57. The van der Waals surface area contributed by atoms with Crippen molar-refractivity contribution in [3.8, 4) is 45.6 Å². The number of aromatic hydroxyl groups is 2. The van der Waals surface area contributed by atoms with Crippen molar-refractivity contribution in [1.82, 2.24) is 0 Å². The van der Waals surface area contributed by atoms with E-state index in [-0.39, 0.29) is 103 Å². The molecule has 0 spiro atoms. The Hall–Kier alpha value is -4.36. The molecule has 0 aromatic heterocycles. The van der Waals surface area contributed by atoms with Crippen LogP contribution in [0.15, 0.2) is 24.3 Å². The maximum atomic E-state index is 12.1. The van der Waals surface area contributed by atoms with E-state index < -0.39 is 99.0 Å². The molecule has 10 N–H and O–H groups in total. The first-order valence-corrected chi connectivity index (χ1v) is 20.7. The van der Waals surface area contributed by atoms with Gasteiger partial charge in [0.05, 0.1) is 63.6 Å². The summed E-state index contributed by atoms with van der Waals surface area (Å²) in [6.07, 6.45) is -18.5. The Balaban J connectivity index is 1.44. The first kappa shape index (κ1) is 46.2. The zero-order chi connectivity index (χ0) is 46.0. The Morgan fingerprint density at radius 1 is 0.562 bits per heavy atom. The summed E-state index contributed by atoms with van der Waals surface area (Å²) < 4.78 is 58.3. The van der Waals surface area contributed by atoms with Gasteiger partial charge in [0.1, 0.15) is 95.5 Å². The SMILES string of the molecule is COc1cc(OC2OC(CO)C(OC)C(O)C2O)cc2c(-c3c4c(c(O)c5c(OC)cc(OC6OC(CO)C(OC)C(O)C6O)cc35)COC(C)C4O)c3c(c(O)c12)COC(C)C3O. The van der Waals surface area contributed by atoms with Crippen molar-refractivity contribution in [3.63, 3.8) is 0 Å². The lowest BCUT2D eigenvalue weighted by atomic mass is 9.77. The van der Waals surface area contributed by atoms with Gasteiger partial charge >= 0.3 is 0 Å². The third-order valence-corrected chi connectivity index (χ3v) is 12.8. The maximum absolute atomic E-state index is 12.1. The number of aliphatic hydroxyl groups is 8. The van der Waals surface area contributed by atoms with Crippen molar-refractivity contribution in [2.24, 2.45) is 0 Å². The number of rotatable bonds is 11. The number of phenols is 2. The van der Waals surface area contributed by atoms with Crippen LogP contribution in [-0.4, -0.2) is 166 Å². The summed E-state index contributed by atoms with van der Waals surface area (Å²) in [5.74, 6) is -0.634. The normalized spacial score (nSPS) is 32.8. The molecule has 4 aromatic carbocycles. The van der Waals surface area contributed by atoms with E-state index in [9.17, 15) is 51.1 Å². The molecule has 0 bridgehead atoms. The van der Waals surface area contributed by atoms with E-state index in [0.717, 1.165) is 0 Å². The van der Waals surface area contributed by atoms with Gasteiger partial charge < -0.3 is 98.4 Å². The molecule has 4 aliphatic heterocycles. The maximum Gasteiger partial charge on any atom is 0.229 e. The molecule has 4 heterocycles. The number of phenolic OH excluding ortho intramolecular Hbond substituents is 2. The second-order valence-electron chi connectivity index (χ2n) is 16.3. The molecule has 14 unspecified atom stereocenters. The molecule has 0 amide bonds. The predicted octanol–water partition coefficient (Wildman–Crippen LogP) is 0.658. The van der Waals surface area contributed by atoms with E-state index in [1.165, 1.54) is 52.7 Å². The molecule has 2 saturated heterocycles. The molecule has 0 radical (unpaired) electrons. The van der Waals surface area contributed by atoms with Gasteiger partial charge in [-0.25, -0.2) is 0 Å². The molecule has 350 valence electrons. The summed E-state index contributed by atoms with van der Waals surface area (Å²) in [4.78, 5) is 0. The van der Waals surface area contributed by atoms with Gasteiger partial charge in [0, 0.05) is 59.4 Å². The first-order chi connectivity index (χ1) is 30.6. The number of ether oxygens (including phenoxy) is 10. The molecule has 0 saturated carbocycles. The largest absolute Gasteiger partial charge is 0.507 e. The van der Waals surface area contributed by atoms with Crippen molar-refractivity contribution in [1.29, 1.82) is 0 Å².